The van der Waals surface area contributed by atoms with Crippen LogP contribution < -0.4 is 18.7 Å². The summed E-state index contributed by atoms with van der Waals surface area (Å²) < 4.78 is 66.1. The predicted molar refractivity (Wildman–Crippen MR) is 111 cm³/mol. The molecule has 0 unspecified atom stereocenters. The van der Waals surface area contributed by atoms with Crippen molar-refractivity contribution in [3.8, 4) is 11.6 Å². The summed E-state index contributed by atoms with van der Waals surface area (Å²) in [5, 5.41) is 0. The molecule has 2 amide bonds. The van der Waals surface area contributed by atoms with E-state index in [-0.39, 0.29) is 28.0 Å². The fourth-order valence-electron chi connectivity index (χ4n) is 3.32. The van der Waals surface area contributed by atoms with Crippen molar-refractivity contribution in [2.45, 2.75) is 11.4 Å². The van der Waals surface area contributed by atoms with Gasteiger partial charge in [0.05, 0.1) is 26.5 Å². The SMILES string of the molecule is COc1cc(F)c(CN2C(=O)N(c3cccc(OC)n3)S(=O)(=O)c3ccccc32)c(F)c1. The highest BCUT2D eigenvalue weighted by atomic mass is 32.2. The minimum absolute atomic E-state index is 0.00809. The number of nitrogens with zero attached hydrogens (tertiary/aromatic N) is 3. The van der Waals surface area contributed by atoms with Gasteiger partial charge in [-0.3, -0.25) is 4.90 Å². The molecule has 0 fully saturated rings. The number of ether oxygens (including phenoxy) is 2. The fourth-order valence-corrected chi connectivity index (χ4v) is 4.87. The summed E-state index contributed by atoms with van der Waals surface area (Å²) >= 11 is 0. The van der Waals surface area contributed by atoms with Crippen LogP contribution in [0.2, 0.25) is 0 Å². The van der Waals surface area contributed by atoms with Crippen molar-refractivity contribution in [2.75, 3.05) is 23.4 Å². The number of amides is 2. The van der Waals surface area contributed by atoms with E-state index in [0.29, 0.717) is 4.31 Å². The highest BCUT2D eigenvalue weighted by molar-refractivity contribution is 7.94. The van der Waals surface area contributed by atoms with E-state index in [1.807, 2.05) is 0 Å². The number of hydrogen-bond acceptors (Lipinski definition) is 6. The number of benzene rings is 2. The fraction of sp³-hybridized carbons (Fsp3) is 0.143. The summed E-state index contributed by atoms with van der Waals surface area (Å²) in [5.74, 6) is -2.04. The molecule has 166 valence electrons. The Morgan fingerprint density at radius 1 is 0.969 bits per heavy atom. The van der Waals surface area contributed by atoms with E-state index in [4.69, 9.17) is 9.47 Å². The maximum atomic E-state index is 14.6. The van der Waals surface area contributed by atoms with E-state index >= 15 is 0 Å². The Kier molecular flexibility index (Phi) is 5.43. The van der Waals surface area contributed by atoms with Gasteiger partial charge in [0, 0.05) is 23.8 Å². The van der Waals surface area contributed by atoms with Gasteiger partial charge in [0.2, 0.25) is 5.88 Å². The van der Waals surface area contributed by atoms with Crippen molar-refractivity contribution < 1.29 is 31.5 Å². The molecule has 2 heterocycles. The molecule has 32 heavy (non-hydrogen) atoms. The lowest BCUT2D eigenvalue weighted by Crippen LogP contribution is -2.51. The molecule has 0 saturated carbocycles. The van der Waals surface area contributed by atoms with Crippen LogP contribution in [0, 0.1) is 11.6 Å². The second-order valence-electron chi connectivity index (χ2n) is 6.71. The molecule has 0 spiro atoms. The van der Waals surface area contributed by atoms with Crippen LogP contribution in [-0.4, -0.2) is 33.7 Å². The van der Waals surface area contributed by atoms with E-state index in [1.54, 1.807) is 0 Å². The molecule has 0 radical (unpaired) electrons. The summed E-state index contributed by atoms with van der Waals surface area (Å²) in [4.78, 5) is 18.2. The van der Waals surface area contributed by atoms with Crippen LogP contribution in [0.1, 0.15) is 5.56 Å². The number of urea groups is 1. The first-order valence-corrected chi connectivity index (χ1v) is 10.7. The number of rotatable bonds is 5. The van der Waals surface area contributed by atoms with Gasteiger partial charge >= 0.3 is 6.03 Å². The van der Waals surface area contributed by atoms with Crippen molar-refractivity contribution in [3.05, 3.63) is 71.8 Å². The Hall–Kier alpha value is -3.73. The number of sulfonamides is 1. The van der Waals surface area contributed by atoms with Gasteiger partial charge in [-0.25, -0.2) is 22.0 Å². The second kappa shape index (κ2) is 8.08. The maximum absolute atomic E-state index is 14.6. The average molecular weight is 461 g/mol. The monoisotopic (exact) mass is 461 g/mol. The van der Waals surface area contributed by atoms with E-state index in [9.17, 15) is 22.0 Å². The molecule has 2 aromatic carbocycles. The Morgan fingerprint density at radius 3 is 2.31 bits per heavy atom. The number of carbonyl (C=O) groups is 1. The third-order valence-corrected chi connectivity index (χ3v) is 6.60. The zero-order valence-electron chi connectivity index (χ0n) is 17.0. The van der Waals surface area contributed by atoms with Gasteiger partial charge < -0.3 is 9.47 Å². The second-order valence-corrected chi connectivity index (χ2v) is 8.47. The first-order chi connectivity index (χ1) is 15.3. The summed E-state index contributed by atoms with van der Waals surface area (Å²) in [7, 11) is -1.74. The van der Waals surface area contributed by atoms with Gasteiger partial charge in [-0.05, 0) is 18.2 Å². The van der Waals surface area contributed by atoms with Gasteiger partial charge in [-0.1, -0.05) is 18.2 Å². The molecule has 11 heteroatoms. The van der Waals surface area contributed by atoms with Gasteiger partial charge in [0.25, 0.3) is 10.0 Å². The Bertz CT molecular complexity index is 1290. The smallest absolute Gasteiger partial charge is 0.344 e. The topological polar surface area (TPSA) is 89.0 Å². The van der Waals surface area contributed by atoms with Crippen molar-refractivity contribution in [2.24, 2.45) is 0 Å². The van der Waals surface area contributed by atoms with Gasteiger partial charge in [-0.2, -0.15) is 9.29 Å². The number of anilines is 2. The van der Waals surface area contributed by atoms with Crippen LogP contribution in [0.3, 0.4) is 0 Å². The molecule has 0 aliphatic carbocycles. The van der Waals surface area contributed by atoms with Crippen LogP contribution >= 0.6 is 0 Å². The predicted octanol–water partition coefficient (Wildman–Crippen LogP) is 3.71. The number of aromatic nitrogens is 1. The number of halogens is 2. The molecule has 3 aromatic rings. The van der Waals surface area contributed by atoms with E-state index in [1.165, 1.54) is 56.7 Å². The molecule has 0 N–H and O–H groups in total. The van der Waals surface area contributed by atoms with Crippen LogP contribution in [0.15, 0.2) is 59.5 Å². The summed E-state index contributed by atoms with van der Waals surface area (Å²) in [6, 6.07) is 10.9. The highest BCUT2D eigenvalue weighted by Crippen LogP contribution is 2.38. The minimum Gasteiger partial charge on any atom is -0.497 e. The van der Waals surface area contributed by atoms with Gasteiger partial charge in [0.15, 0.2) is 5.82 Å². The number of pyridine rings is 1. The van der Waals surface area contributed by atoms with E-state index in [0.717, 1.165) is 17.0 Å². The summed E-state index contributed by atoms with van der Waals surface area (Å²) in [5.41, 5.74) is -0.432. The Labute approximate surface area is 182 Å². The largest absolute Gasteiger partial charge is 0.497 e. The minimum atomic E-state index is -4.35. The molecule has 0 saturated heterocycles. The number of hydrogen-bond donors (Lipinski definition) is 0. The lowest BCUT2D eigenvalue weighted by molar-refractivity contribution is 0.253. The first-order valence-electron chi connectivity index (χ1n) is 9.26. The van der Waals surface area contributed by atoms with Crippen LogP contribution in [0.5, 0.6) is 11.6 Å². The quantitative estimate of drug-likeness (QED) is 0.576. The molecule has 4 rings (SSSR count). The maximum Gasteiger partial charge on any atom is 0.344 e. The molecule has 1 aromatic heterocycles. The number of para-hydroxylation sites is 1. The van der Waals surface area contributed by atoms with Crippen molar-refractivity contribution in [3.63, 3.8) is 0 Å². The van der Waals surface area contributed by atoms with E-state index < -0.39 is 39.8 Å². The molecule has 1 aliphatic rings. The first kappa shape index (κ1) is 21.5. The molecular formula is C21H17F2N3O5S. The standard InChI is InChI=1S/C21H17F2N3O5S/c1-30-13-10-15(22)14(16(23)11-13)12-25-17-6-3-4-7-18(17)32(28,29)26(21(25)27)19-8-5-9-20(24-19)31-2/h3-11H,12H2,1-2H3. The normalized spacial score (nSPS) is 14.8. The zero-order chi connectivity index (χ0) is 23.0. The average Bonchev–Trinajstić information content (AvgIpc) is 2.78. The number of fused-ring (bicyclic) bond motifs is 1. The van der Waals surface area contributed by atoms with Crippen molar-refractivity contribution in [1.82, 2.24) is 4.98 Å². The summed E-state index contributed by atoms with van der Waals surface area (Å²) in [6.45, 7) is -0.562. The number of methoxy groups -OCH3 is 2. The third-order valence-electron chi connectivity index (χ3n) is 4.87. The molecule has 8 nitrogen and oxygen atoms in total. The van der Waals surface area contributed by atoms with Crippen LogP contribution in [0.4, 0.5) is 25.1 Å². The lowest BCUT2D eigenvalue weighted by atomic mass is 10.1. The Morgan fingerprint density at radius 2 is 1.66 bits per heavy atom. The Balaban J connectivity index is 1.87. The summed E-state index contributed by atoms with van der Waals surface area (Å²) in [6.07, 6.45) is 0. The number of carbonyl (C=O) groups excluding carboxylic acids is 1. The zero-order valence-corrected chi connectivity index (χ0v) is 17.8. The highest BCUT2D eigenvalue weighted by Gasteiger charge is 2.43. The molecule has 1 aliphatic heterocycles. The van der Waals surface area contributed by atoms with Gasteiger partial charge in [-0.15, -0.1) is 0 Å². The van der Waals surface area contributed by atoms with Crippen molar-refractivity contribution in [1.29, 1.82) is 0 Å². The molecule has 0 bridgehead atoms. The third kappa shape index (κ3) is 3.50. The molecule has 0 atom stereocenters. The van der Waals surface area contributed by atoms with Crippen LogP contribution in [0.25, 0.3) is 0 Å². The lowest BCUT2D eigenvalue weighted by Gasteiger charge is -2.35. The van der Waals surface area contributed by atoms with Crippen LogP contribution in [-0.2, 0) is 16.6 Å². The van der Waals surface area contributed by atoms with Gasteiger partial charge in [0.1, 0.15) is 22.3 Å². The van der Waals surface area contributed by atoms with Crippen molar-refractivity contribution >= 4 is 27.6 Å². The van der Waals surface area contributed by atoms with E-state index in [2.05, 4.69) is 4.98 Å². The molecular weight excluding hydrogens is 444 g/mol.